The zero-order valence-electron chi connectivity index (χ0n) is 6.22. The molecule has 0 bridgehead atoms. The molecule has 1 rings (SSSR count). The van der Waals surface area contributed by atoms with Gasteiger partial charge in [-0.05, 0) is 13.0 Å². The lowest BCUT2D eigenvalue weighted by Crippen LogP contribution is -2.37. The van der Waals surface area contributed by atoms with Crippen molar-refractivity contribution in [1.82, 2.24) is 0 Å². The fraction of sp³-hybridized carbons (Fsp3) is 0.286. The van der Waals surface area contributed by atoms with Crippen molar-refractivity contribution in [2.75, 3.05) is 0 Å². The van der Waals surface area contributed by atoms with Gasteiger partial charge in [0.2, 0.25) is 0 Å². The molecule has 0 fully saturated rings. The lowest BCUT2D eigenvalue weighted by molar-refractivity contribution is -0.629. The Morgan fingerprint density at radius 1 is 1.42 bits per heavy atom. The maximum atomic E-state index is 12.1. The molecule has 0 spiro atoms. The summed E-state index contributed by atoms with van der Waals surface area (Å²) in [4.78, 5) is 0. The highest BCUT2D eigenvalue weighted by molar-refractivity contribution is 5.15. The molecule has 0 radical (unpaired) electrons. The van der Waals surface area contributed by atoms with E-state index in [0.29, 0.717) is 0 Å². The molecule has 0 amide bonds. The molecule has 5 heteroatoms. The summed E-state index contributed by atoms with van der Waals surface area (Å²) in [7, 11) is 0. The quantitative estimate of drug-likeness (QED) is 0.437. The Bertz CT molecular complexity index is 275. The maximum Gasteiger partial charge on any atom is 0.479 e. The van der Waals surface area contributed by atoms with Crippen molar-refractivity contribution in [2.45, 2.75) is 13.1 Å². The molecule has 0 N–H and O–H groups in total. The predicted octanol–water partition coefficient (Wildman–Crippen LogP) is 1.65. The second-order valence-electron chi connectivity index (χ2n) is 2.36. The third-order valence-electron chi connectivity index (χ3n) is 1.43. The molecule has 0 unspecified atom stereocenters. The molecule has 1 aromatic rings. The van der Waals surface area contributed by atoms with E-state index in [2.05, 4.69) is 0 Å². The third kappa shape index (κ3) is 1.49. The number of aromatic nitrogens is 1. The Balaban J connectivity index is 3.31. The first-order valence-electron chi connectivity index (χ1n) is 3.19. The Hall–Kier alpha value is -1.26. The molecule has 2 nitrogen and oxygen atoms in total. The average molecular weight is 177 g/mol. The van der Waals surface area contributed by atoms with Crippen molar-refractivity contribution < 1.29 is 17.9 Å². The van der Waals surface area contributed by atoms with E-state index in [0.717, 1.165) is 6.20 Å². The summed E-state index contributed by atoms with van der Waals surface area (Å²) in [5, 5.41) is 10.7. The number of halogens is 3. The van der Waals surface area contributed by atoms with Gasteiger partial charge in [-0.2, -0.15) is 17.9 Å². The number of aryl methyl sites for hydroxylation is 1. The van der Waals surface area contributed by atoms with Crippen LogP contribution in [0, 0.1) is 12.1 Å². The zero-order valence-corrected chi connectivity index (χ0v) is 6.22. The number of hydrogen-bond donors (Lipinski definition) is 0. The third-order valence-corrected chi connectivity index (χ3v) is 1.43. The molecule has 66 valence electrons. The summed E-state index contributed by atoms with van der Waals surface area (Å²) >= 11 is 0. The summed E-state index contributed by atoms with van der Waals surface area (Å²) in [5.41, 5.74) is -1.22. The van der Waals surface area contributed by atoms with Gasteiger partial charge in [0, 0.05) is 11.6 Å². The zero-order chi connectivity index (χ0) is 9.35. The summed E-state index contributed by atoms with van der Waals surface area (Å²) in [6, 6.07) is 2.52. The van der Waals surface area contributed by atoms with E-state index in [-0.39, 0.29) is 10.3 Å². The van der Waals surface area contributed by atoms with Crippen LogP contribution >= 0.6 is 0 Å². The van der Waals surface area contributed by atoms with Crippen LogP contribution in [0.5, 0.6) is 0 Å². The van der Waals surface area contributed by atoms with Crippen LogP contribution in [0.25, 0.3) is 0 Å². The number of hydrogen-bond acceptors (Lipinski definition) is 1. The van der Waals surface area contributed by atoms with Crippen molar-refractivity contribution in [1.29, 1.82) is 0 Å². The van der Waals surface area contributed by atoms with E-state index < -0.39 is 11.9 Å². The Morgan fingerprint density at radius 2 is 2.00 bits per heavy atom. The van der Waals surface area contributed by atoms with Crippen LogP contribution in [0.4, 0.5) is 13.2 Å². The van der Waals surface area contributed by atoms with E-state index in [1.54, 1.807) is 0 Å². The highest BCUT2D eigenvalue weighted by Gasteiger charge is 2.41. The average Bonchev–Trinajstić information content (AvgIpc) is 1.82. The van der Waals surface area contributed by atoms with Crippen LogP contribution in [-0.2, 0) is 6.18 Å². The smallest absolute Gasteiger partial charge is 0.479 e. The van der Waals surface area contributed by atoms with Crippen LogP contribution in [-0.4, -0.2) is 0 Å². The number of pyridine rings is 1. The van der Waals surface area contributed by atoms with Gasteiger partial charge in [0.1, 0.15) is 0 Å². The number of rotatable bonds is 0. The van der Waals surface area contributed by atoms with Crippen molar-refractivity contribution in [3.8, 4) is 0 Å². The Kier molecular flexibility index (Phi) is 1.95. The van der Waals surface area contributed by atoms with E-state index in [4.69, 9.17) is 0 Å². The summed E-state index contributed by atoms with van der Waals surface area (Å²) in [5.74, 6) is 0. The SMILES string of the molecule is Cc1ccc[n+]([O-])c1C(F)(F)F. The molecular formula is C7H6F3NO. The van der Waals surface area contributed by atoms with Crippen LogP contribution < -0.4 is 4.73 Å². The summed E-state index contributed by atoms with van der Waals surface area (Å²) in [6.45, 7) is 1.25. The highest BCUT2D eigenvalue weighted by atomic mass is 19.4. The van der Waals surface area contributed by atoms with Crippen molar-refractivity contribution in [3.05, 3.63) is 34.8 Å². The predicted molar refractivity (Wildman–Crippen MR) is 35.1 cm³/mol. The topological polar surface area (TPSA) is 26.9 Å². The van der Waals surface area contributed by atoms with Gasteiger partial charge in [-0.1, -0.05) is 0 Å². The minimum Gasteiger partial charge on any atom is -0.618 e. The van der Waals surface area contributed by atoms with Crippen LogP contribution in [0.15, 0.2) is 18.3 Å². The fourth-order valence-electron chi connectivity index (χ4n) is 0.941. The van der Waals surface area contributed by atoms with Gasteiger partial charge in [0.05, 0.1) is 0 Å². The second-order valence-corrected chi connectivity index (χ2v) is 2.36. The van der Waals surface area contributed by atoms with Gasteiger partial charge in [-0.3, -0.25) is 0 Å². The highest BCUT2D eigenvalue weighted by Crippen LogP contribution is 2.28. The van der Waals surface area contributed by atoms with Crippen molar-refractivity contribution in [3.63, 3.8) is 0 Å². The molecule has 1 heterocycles. The Labute approximate surface area is 66.8 Å². The molecule has 0 aromatic carbocycles. The molecular weight excluding hydrogens is 171 g/mol. The maximum absolute atomic E-state index is 12.1. The fourth-order valence-corrected chi connectivity index (χ4v) is 0.941. The minimum absolute atomic E-state index is 0.0694. The Morgan fingerprint density at radius 3 is 2.33 bits per heavy atom. The lowest BCUT2D eigenvalue weighted by atomic mass is 10.2. The van der Waals surface area contributed by atoms with Gasteiger partial charge in [-0.25, -0.2) is 0 Å². The van der Waals surface area contributed by atoms with E-state index in [9.17, 15) is 18.4 Å². The van der Waals surface area contributed by atoms with Gasteiger partial charge in [0.25, 0.3) is 0 Å². The van der Waals surface area contributed by atoms with E-state index in [1.165, 1.54) is 19.1 Å². The molecule has 1 aromatic heterocycles. The van der Waals surface area contributed by atoms with E-state index in [1.807, 2.05) is 0 Å². The van der Waals surface area contributed by atoms with Crippen molar-refractivity contribution >= 4 is 0 Å². The molecule has 0 saturated heterocycles. The lowest BCUT2D eigenvalue weighted by Gasteiger charge is -2.08. The second kappa shape index (κ2) is 2.66. The molecule has 0 aliphatic carbocycles. The summed E-state index contributed by atoms with van der Waals surface area (Å²) in [6.07, 6.45) is -3.75. The van der Waals surface area contributed by atoms with Gasteiger partial charge < -0.3 is 5.21 Å². The molecule has 12 heavy (non-hydrogen) atoms. The first kappa shape index (κ1) is 8.83. The molecule has 0 aliphatic heterocycles. The molecule has 0 saturated carbocycles. The van der Waals surface area contributed by atoms with Crippen LogP contribution in [0.1, 0.15) is 11.3 Å². The van der Waals surface area contributed by atoms with Crippen molar-refractivity contribution in [2.24, 2.45) is 0 Å². The molecule has 0 atom stereocenters. The van der Waals surface area contributed by atoms with Gasteiger partial charge in [-0.15, -0.1) is 0 Å². The molecule has 0 aliphatic rings. The van der Waals surface area contributed by atoms with Crippen LogP contribution in [0.3, 0.4) is 0 Å². The largest absolute Gasteiger partial charge is 0.618 e. The van der Waals surface area contributed by atoms with Gasteiger partial charge in [0.15, 0.2) is 6.20 Å². The number of nitrogens with zero attached hydrogens (tertiary/aromatic N) is 1. The standard InChI is InChI=1S/C7H6F3NO/c1-5-3-2-4-11(12)6(5)7(8,9)10/h2-4H,1H3. The normalized spacial score (nSPS) is 11.7. The van der Waals surface area contributed by atoms with E-state index >= 15 is 0 Å². The van der Waals surface area contributed by atoms with Gasteiger partial charge >= 0.3 is 11.9 Å². The summed E-state index contributed by atoms with van der Waals surface area (Å²) < 4.78 is 36.1. The monoisotopic (exact) mass is 177 g/mol. The first-order valence-corrected chi connectivity index (χ1v) is 3.19. The number of alkyl halides is 3. The first-order chi connectivity index (χ1) is 5.43. The minimum atomic E-state index is -4.58. The van der Waals surface area contributed by atoms with Crippen LogP contribution in [0.2, 0.25) is 0 Å².